The van der Waals surface area contributed by atoms with Crippen molar-refractivity contribution >= 4 is 5.91 Å². The molecule has 0 unspecified atom stereocenters. The number of carbonyl (C=O) groups is 1. The van der Waals surface area contributed by atoms with Gasteiger partial charge in [0, 0.05) is 0 Å². The van der Waals surface area contributed by atoms with Gasteiger partial charge in [0.2, 0.25) is 5.76 Å². The van der Waals surface area contributed by atoms with Crippen molar-refractivity contribution in [2.75, 3.05) is 13.2 Å². The summed E-state index contributed by atoms with van der Waals surface area (Å²) < 4.78 is 9.68. The van der Waals surface area contributed by atoms with Crippen molar-refractivity contribution in [1.82, 2.24) is 5.43 Å². The van der Waals surface area contributed by atoms with Crippen molar-refractivity contribution in [3.05, 3.63) is 12.0 Å². The van der Waals surface area contributed by atoms with E-state index in [-0.39, 0.29) is 5.76 Å². The second-order valence-electron chi connectivity index (χ2n) is 1.67. The molecule has 1 heterocycles. The van der Waals surface area contributed by atoms with Crippen LogP contribution in [0.4, 0.5) is 0 Å². The predicted molar refractivity (Wildman–Crippen MR) is 32.3 cm³/mol. The Morgan fingerprint density at radius 2 is 2.50 bits per heavy atom. The van der Waals surface area contributed by atoms with Crippen LogP contribution in [0.5, 0.6) is 0 Å². The fraction of sp³-hybridized carbons (Fsp3) is 0.400. The van der Waals surface area contributed by atoms with E-state index in [1.54, 1.807) is 0 Å². The summed E-state index contributed by atoms with van der Waals surface area (Å²) >= 11 is 0. The molecule has 0 atom stereocenters. The van der Waals surface area contributed by atoms with Crippen LogP contribution in [-0.4, -0.2) is 19.1 Å². The number of rotatable bonds is 1. The monoisotopic (exact) mass is 144 g/mol. The molecule has 1 rings (SSSR count). The lowest BCUT2D eigenvalue weighted by Gasteiger charge is -2.13. The maximum Gasteiger partial charge on any atom is 0.303 e. The van der Waals surface area contributed by atoms with E-state index in [0.29, 0.717) is 13.2 Å². The Bertz CT molecular complexity index is 166. The lowest BCUT2D eigenvalue weighted by atomic mass is 10.5. The average molecular weight is 144 g/mol. The van der Waals surface area contributed by atoms with Gasteiger partial charge in [0.25, 0.3) is 0 Å². The Kier molecular flexibility index (Phi) is 2.11. The zero-order valence-corrected chi connectivity index (χ0v) is 5.29. The van der Waals surface area contributed by atoms with E-state index in [1.165, 1.54) is 6.26 Å². The van der Waals surface area contributed by atoms with Crippen molar-refractivity contribution in [3.8, 4) is 0 Å². The van der Waals surface area contributed by atoms with Gasteiger partial charge in [0.15, 0.2) is 0 Å². The lowest BCUT2D eigenvalue weighted by molar-refractivity contribution is -0.122. The molecule has 0 spiro atoms. The fourth-order valence-corrected chi connectivity index (χ4v) is 0.559. The van der Waals surface area contributed by atoms with Crippen LogP contribution in [0, 0.1) is 0 Å². The van der Waals surface area contributed by atoms with Crippen molar-refractivity contribution in [2.45, 2.75) is 0 Å². The van der Waals surface area contributed by atoms with E-state index in [2.05, 4.69) is 0 Å². The molecule has 1 aliphatic heterocycles. The summed E-state index contributed by atoms with van der Waals surface area (Å²) in [5.74, 6) is 4.47. The van der Waals surface area contributed by atoms with Gasteiger partial charge in [-0.3, -0.25) is 10.2 Å². The average Bonchev–Trinajstić information content (AvgIpc) is 2.05. The van der Waals surface area contributed by atoms with Crippen LogP contribution >= 0.6 is 0 Å². The van der Waals surface area contributed by atoms with Gasteiger partial charge in [-0.15, -0.1) is 0 Å². The minimum absolute atomic E-state index is 0.119. The van der Waals surface area contributed by atoms with E-state index < -0.39 is 5.91 Å². The number of ether oxygens (including phenoxy) is 2. The number of hydrazine groups is 1. The molecule has 0 fully saturated rings. The van der Waals surface area contributed by atoms with Gasteiger partial charge in [-0.2, -0.15) is 0 Å². The van der Waals surface area contributed by atoms with Crippen LogP contribution in [0.3, 0.4) is 0 Å². The Labute approximate surface area is 57.8 Å². The predicted octanol–water partition coefficient (Wildman–Crippen LogP) is -1.14. The van der Waals surface area contributed by atoms with E-state index in [0.717, 1.165) is 0 Å². The standard InChI is InChI=1S/C5H8N2O3/c6-7-5(8)4-3-9-1-2-10-4/h3H,1-2,6H2,(H,7,8). The second-order valence-corrected chi connectivity index (χ2v) is 1.67. The molecule has 0 aromatic rings. The third-order valence-electron chi connectivity index (χ3n) is 1.00. The van der Waals surface area contributed by atoms with Crippen molar-refractivity contribution in [1.29, 1.82) is 0 Å². The zero-order valence-electron chi connectivity index (χ0n) is 5.29. The minimum Gasteiger partial charge on any atom is -0.494 e. The molecule has 0 aromatic carbocycles. The van der Waals surface area contributed by atoms with Gasteiger partial charge >= 0.3 is 5.91 Å². The number of hydrogen-bond donors (Lipinski definition) is 2. The van der Waals surface area contributed by atoms with Gasteiger partial charge in [-0.25, -0.2) is 5.84 Å². The topological polar surface area (TPSA) is 73.6 Å². The van der Waals surface area contributed by atoms with Crippen molar-refractivity contribution in [3.63, 3.8) is 0 Å². The first kappa shape index (κ1) is 6.88. The Morgan fingerprint density at radius 3 is 3.00 bits per heavy atom. The zero-order chi connectivity index (χ0) is 7.40. The normalized spacial score (nSPS) is 16.3. The first-order valence-corrected chi connectivity index (χ1v) is 2.80. The number of amides is 1. The van der Waals surface area contributed by atoms with Crippen LogP contribution in [-0.2, 0) is 14.3 Å². The number of hydrogen-bond acceptors (Lipinski definition) is 4. The van der Waals surface area contributed by atoms with Crippen LogP contribution in [0.1, 0.15) is 0 Å². The van der Waals surface area contributed by atoms with Crippen molar-refractivity contribution < 1.29 is 14.3 Å². The van der Waals surface area contributed by atoms with Gasteiger partial charge in [-0.05, 0) is 0 Å². The molecule has 3 N–H and O–H groups in total. The fourth-order valence-electron chi connectivity index (χ4n) is 0.559. The molecular formula is C5H8N2O3. The summed E-state index contributed by atoms with van der Waals surface area (Å²) in [6.07, 6.45) is 1.24. The summed E-state index contributed by atoms with van der Waals surface area (Å²) in [4.78, 5) is 10.7. The molecule has 0 aliphatic carbocycles. The highest BCUT2D eigenvalue weighted by molar-refractivity contribution is 5.90. The van der Waals surface area contributed by atoms with Gasteiger partial charge < -0.3 is 9.47 Å². The summed E-state index contributed by atoms with van der Waals surface area (Å²) in [6, 6.07) is 0. The molecule has 1 amide bonds. The molecule has 56 valence electrons. The molecule has 0 radical (unpaired) electrons. The highest BCUT2D eigenvalue weighted by Gasteiger charge is 2.12. The third-order valence-corrected chi connectivity index (χ3v) is 1.00. The highest BCUT2D eigenvalue weighted by atomic mass is 16.6. The number of nitrogens with two attached hydrogens (primary N) is 1. The lowest BCUT2D eigenvalue weighted by Crippen LogP contribution is -2.33. The summed E-state index contributed by atoms with van der Waals surface area (Å²) in [5.41, 5.74) is 1.92. The van der Waals surface area contributed by atoms with E-state index >= 15 is 0 Å². The molecule has 5 nitrogen and oxygen atoms in total. The maximum atomic E-state index is 10.7. The summed E-state index contributed by atoms with van der Waals surface area (Å²) in [7, 11) is 0. The van der Waals surface area contributed by atoms with Crippen LogP contribution < -0.4 is 11.3 Å². The van der Waals surface area contributed by atoms with Crippen LogP contribution in [0.25, 0.3) is 0 Å². The molecule has 0 aromatic heterocycles. The third kappa shape index (κ3) is 1.38. The first-order valence-electron chi connectivity index (χ1n) is 2.80. The summed E-state index contributed by atoms with van der Waals surface area (Å²) in [5, 5.41) is 0. The van der Waals surface area contributed by atoms with E-state index in [4.69, 9.17) is 15.3 Å². The molecule has 0 bridgehead atoms. The molecule has 0 saturated carbocycles. The van der Waals surface area contributed by atoms with E-state index in [9.17, 15) is 4.79 Å². The Hall–Kier alpha value is -1.23. The van der Waals surface area contributed by atoms with Gasteiger partial charge in [0.05, 0.1) is 0 Å². The summed E-state index contributed by atoms with van der Waals surface area (Å²) in [6.45, 7) is 0.862. The molecule has 10 heavy (non-hydrogen) atoms. The largest absolute Gasteiger partial charge is 0.494 e. The molecule has 1 aliphatic rings. The van der Waals surface area contributed by atoms with Crippen LogP contribution in [0.15, 0.2) is 12.0 Å². The minimum atomic E-state index is -0.472. The number of carbonyl (C=O) groups excluding carboxylic acids is 1. The Morgan fingerprint density at radius 1 is 1.70 bits per heavy atom. The van der Waals surface area contributed by atoms with Crippen molar-refractivity contribution in [2.24, 2.45) is 5.84 Å². The van der Waals surface area contributed by atoms with E-state index in [1.807, 2.05) is 5.43 Å². The smallest absolute Gasteiger partial charge is 0.303 e. The molecule has 5 heteroatoms. The second kappa shape index (κ2) is 3.07. The molecule has 0 saturated heterocycles. The Balaban J connectivity index is 2.53. The molecular weight excluding hydrogens is 136 g/mol. The SMILES string of the molecule is NNC(=O)C1=COCCO1. The highest BCUT2D eigenvalue weighted by Crippen LogP contribution is 2.02. The van der Waals surface area contributed by atoms with Crippen LogP contribution in [0.2, 0.25) is 0 Å². The van der Waals surface area contributed by atoms with Gasteiger partial charge in [0.1, 0.15) is 19.5 Å². The number of nitrogens with one attached hydrogen (secondary N) is 1. The first-order chi connectivity index (χ1) is 4.84. The van der Waals surface area contributed by atoms with Gasteiger partial charge in [-0.1, -0.05) is 0 Å². The maximum absolute atomic E-state index is 10.7. The quantitative estimate of drug-likeness (QED) is 0.277.